The van der Waals surface area contributed by atoms with E-state index >= 15 is 0 Å². The second kappa shape index (κ2) is 5.07. The number of anilines is 1. The van der Waals surface area contributed by atoms with E-state index in [0.29, 0.717) is 10.5 Å². The number of hydrogen-bond donors (Lipinski definition) is 1. The summed E-state index contributed by atoms with van der Waals surface area (Å²) < 4.78 is 7.68. The van der Waals surface area contributed by atoms with E-state index in [1.54, 1.807) is 10.9 Å². The molecule has 0 fully saturated rings. The van der Waals surface area contributed by atoms with Crippen LogP contribution in [0.4, 0.5) is 5.82 Å². The number of hydrogen-bond acceptors (Lipinski definition) is 3. The highest BCUT2D eigenvalue weighted by Gasteiger charge is 2.20. The summed E-state index contributed by atoms with van der Waals surface area (Å²) >= 11 is 3.41. The smallest absolute Gasteiger partial charge is 0.178 e. The Bertz CT molecular complexity index is 817. The monoisotopic (exact) mass is 345 g/mol. The Labute approximate surface area is 131 Å². The third-order valence-corrected chi connectivity index (χ3v) is 4.37. The number of aryl methyl sites for hydroxylation is 3. The molecule has 2 N–H and O–H groups in total. The lowest BCUT2D eigenvalue weighted by Crippen LogP contribution is -1.98. The normalized spacial score (nSPS) is 11.0. The first-order valence-corrected chi connectivity index (χ1v) is 7.41. The second-order valence-electron chi connectivity index (χ2n) is 5.14. The van der Waals surface area contributed by atoms with Crippen molar-refractivity contribution in [1.82, 2.24) is 9.78 Å². The van der Waals surface area contributed by atoms with Crippen LogP contribution in [0, 0.1) is 13.8 Å². The van der Waals surface area contributed by atoms with Crippen molar-refractivity contribution in [2.24, 2.45) is 7.05 Å². The van der Waals surface area contributed by atoms with Crippen LogP contribution in [0.3, 0.4) is 0 Å². The molecule has 5 heteroatoms. The highest BCUT2D eigenvalue weighted by atomic mass is 79.9. The molecular weight excluding hydrogens is 330 g/mol. The molecule has 4 nitrogen and oxygen atoms in total. The molecule has 0 saturated heterocycles. The Morgan fingerprint density at radius 3 is 2.57 bits per heavy atom. The maximum Gasteiger partial charge on any atom is 0.178 e. The molecule has 0 aliphatic rings. The van der Waals surface area contributed by atoms with Gasteiger partial charge in [0.15, 0.2) is 4.67 Å². The fraction of sp³-hybridized carbons (Fsp3) is 0.188. The minimum atomic E-state index is 0.640. The molecule has 0 saturated carbocycles. The number of benzene rings is 1. The van der Waals surface area contributed by atoms with Gasteiger partial charge in [-0.05, 0) is 52.5 Å². The Balaban J connectivity index is 2.27. The van der Waals surface area contributed by atoms with Gasteiger partial charge in [-0.15, -0.1) is 0 Å². The van der Waals surface area contributed by atoms with E-state index in [-0.39, 0.29) is 0 Å². The summed E-state index contributed by atoms with van der Waals surface area (Å²) in [6.45, 7) is 4.19. The lowest BCUT2D eigenvalue weighted by atomic mass is 9.98. The zero-order chi connectivity index (χ0) is 15.1. The average molecular weight is 346 g/mol. The number of nitrogens with two attached hydrogens (primary N) is 1. The van der Waals surface area contributed by atoms with E-state index in [0.717, 1.165) is 22.4 Å². The fourth-order valence-electron chi connectivity index (χ4n) is 2.37. The topological polar surface area (TPSA) is 57.0 Å². The number of nitrogens with zero attached hydrogens (tertiary/aromatic N) is 2. The quantitative estimate of drug-likeness (QED) is 0.752. The van der Waals surface area contributed by atoms with Crippen molar-refractivity contribution in [2.75, 3.05) is 5.73 Å². The summed E-state index contributed by atoms with van der Waals surface area (Å²) in [4.78, 5) is 0. The Morgan fingerprint density at radius 2 is 1.95 bits per heavy atom. The zero-order valence-corrected chi connectivity index (χ0v) is 13.7. The Morgan fingerprint density at radius 1 is 1.19 bits per heavy atom. The van der Waals surface area contributed by atoms with Gasteiger partial charge in [0, 0.05) is 7.05 Å². The zero-order valence-electron chi connectivity index (χ0n) is 12.1. The predicted octanol–water partition coefficient (Wildman–Crippen LogP) is 4.31. The summed E-state index contributed by atoms with van der Waals surface area (Å²) in [5, 5.41) is 4.54. The minimum absolute atomic E-state index is 0.640. The Hall–Kier alpha value is -2.01. The van der Waals surface area contributed by atoms with Crippen LogP contribution in [-0.2, 0) is 7.05 Å². The van der Waals surface area contributed by atoms with Crippen LogP contribution < -0.4 is 5.73 Å². The average Bonchev–Trinajstić information content (AvgIpc) is 2.98. The highest BCUT2D eigenvalue weighted by Crippen LogP contribution is 2.39. The van der Waals surface area contributed by atoms with Crippen molar-refractivity contribution in [3.05, 3.63) is 46.3 Å². The lowest BCUT2D eigenvalue weighted by molar-refractivity contribution is 0.542. The molecule has 0 unspecified atom stereocenters. The fourth-order valence-corrected chi connectivity index (χ4v) is 2.80. The summed E-state index contributed by atoms with van der Waals surface area (Å²) in [7, 11) is 1.84. The van der Waals surface area contributed by atoms with Crippen LogP contribution in [-0.4, -0.2) is 9.78 Å². The SMILES string of the molecule is Cc1ccc(-c2c(-c3ccoc3Br)nn(C)c2N)cc1C. The predicted molar refractivity (Wildman–Crippen MR) is 87.9 cm³/mol. The van der Waals surface area contributed by atoms with Gasteiger partial charge < -0.3 is 10.2 Å². The summed E-state index contributed by atoms with van der Waals surface area (Å²) in [6, 6.07) is 8.20. The molecule has 1 aromatic carbocycles. The van der Waals surface area contributed by atoms with E-state index in [4.69, 9.17) is 10.2 Å². The number of furan rings is 1. The van der Waals surface area contributed by atoms with Crippen LogP contribution >= 0.6 is 15.9 Å². The second-order valence-corrected chi connectivity index (χ2v) is 5.86. The molecule has 0 aliphatic heterocycles. The van der Waals surface area contributed by atoms with Gasteiger partial charge in [0.05, 0.1) is 17.4 Å². The molecule has 0 radical (unpaired) electrons. The van der Waals surface area contributed by atoms with Gasteiger partial charge in [0.1, 0.15) is 11.5 Å². The first kappa shape index (κ1) is 13.9. The van der Waals surface area contributed by atoms with E-state index in [2.05, 4.69) is 53.1 Å². The molecule has 0 amide bonds. The third kappa shape index (κ3) is 2.27. The molecule has 0 aliphatic carbocycles. The van der Waals surface area contributed by atoms with Crippen molar-refractivity contribution in [3.8, 4) is 22.4 Å². The molecule has 0 bridgehead atoms. The summed E-state index contributed by atoms with van der Waals surface area (Å²) in [5.41, 5.74) is 12.4. The van der Waals surface area contributed by atoms with Gasteiger partial charge in [-0.1, -0.05) is 18.2 Å². The van der Waals surface area contributed by atoms with E-state index in [9.17, 15) is 0 Å². The van der Waals surface area contributed by atoms with E-state index < -0.39 is 0 Å². The van der Waals surface area contributed by atoms with Crippen LogP contribution in [0.25, 0.3) is 22.4 Å². The minimum Gasteiger partial charge on any atom is -0.457 e. The van der Waals surface area contributed by atoms with Crippen LogP contribution in [0.15, 0.2) is 39.6 Å². The molecule has 3 aromatic rings. The molecule has 21 heavy (non-hydrogen) atoms. The summed E-state index contributed by atoms with van der Waals surface area (Å²) in [6.07, 6.45) is 1.63. The standard InChI is InChI=1S/C16H16BrN3O/c1-9-4-5-11(8-10(9)2)13-14(19-20(3)16(13)18)12-6-7-21-15(12)17/h4-8H,18H2,1-3H3. The Kier molecular flexibility index (Phi) is 3.37. The summed E-state index contributed by atoms with van der Waals surface area (Å²) in [5.74, 6) is 0.640. The van der Waals surface area contributed by atoms with Gasteiger partial charge in [-0.2, -0.15) is 5.10 Å². The van der Waals surface area contributed by atoms with Crippen molar-refractivity contribution in [1.29, 1.82) is 0 Å². The molecule has 3 rings (SSSR count). The van der Waals surface area contributed by atoms with Crippen molar-refractivity contribution in [3.63, 3.8) is 0 Å². The van der Waals surface area contributed by atoms with Crippen molar-refractivity contribution in [2.45, 2.75) is 13.8 Å². The number of nitrogen functional groups attached to an aromatic ring is 1. The number of rotatable bonds is 2. The number of aromatic nitrogens is 2. The van der Waals surface area contributed by atoms with Crippen LogP contribution in [0.2, 0.25) is 0 Å². The first-order chi connectivity index (χ1) is 9.99. The van der Waals surface area contributed by atoms with E-state index in [1.807, 2.05) is 13.1 Å². The molecular formula is C16H16BrN3O. The van der Waals surface area contributed by atoms with Gasteiger partial charge >= 0.3 is 0 Å². The largest absolute Gasteiger partial charge is 0.457 e. The molecule has 2 heterocycles. The first-order valence-electron chi connectivity index (χ1n) is 6.62. The van der Waals surface area contributed by atoms with Gasteiger partial charge in [0.25, 0.3) is 0 Å². The van der Waals surface area contributed by atoms with Crippen LogP contribution in [0.1, 0.15) is 11.1 Å². The lowest BCUT2D eigenvalue weighted by Gasteiger charge is -2.07. The van der Waals surface area contributed by atoms with Gasteiger partial charge in [0.2, 0.25) is 0 Å². The van der Waals surface area contributed by atoms with E-state index in [1.165, 1.54) is 11.1 Å². The van der Waals surface area contributed by atoms with Crippen molar-refractivity contribution < 1.29 is 4.42 Å². The van der Waals surface area contributed by atoms with Gasteiger partial charge in [-0.25, -0.2) is 0 Å². The maximum absolute atomic E-state index is 6.23. The number of halogens is 1. The maximum atomic E-state index is 6.23. The third-order valence-electron chi connectivity index (χ3n) is 3.76. The van der Waals surface area contributed by atoms with Gasteiger partial charge in [-0.3, -0.25) is 4.68 Å². The molecule has 2 aromatic heterocycles. The molecule has 0 spiro atoms. The molecule has 108 valence electrons. The van der Waals surface area contributed by atoms with Crippen molar-refractivity contribution >= 4 is 21.7 Å². The van der Waals surface area contributed by atoms with Crippen LogP contribution in [0.5, 0.6) is 0 Å². The molecule has 0 atom stereocenters. The highest BCUT2D eigenvalue weighted by molar-refractivity contribution is 9.10.